The van der Waals surface area contributed by atoms with E-state index >= 15 is 0 Å². The molecule has 0 unspecified atom stereocenters. The number of aryl methyl sites for hydroxylation is 1. The summed E-state index contributed by atoms with van der Waals surface area (Å²) in [4.78, 5) is 15.2. The van der Waals surface area contributed by atoms with Gasteiger partial charge >= 0.3 is 0 Å². The SMILES string of the molecule is CCN(Cc1cccc(OC)c1OC)C(=O)c1nn(C)c2c1C[C@H](C)O[C@@H]2C. The molecule has 1 amide bonds. The molecule has 0 saturated carbocycles. The number of methoxy groups -OCH3 is 2. The molecule has 0 radical (unpaired) electrons. The molecule has 3 rings (SSSR count). The van der Waals surface area contributed by atoms with Crippen molar-refractivity contribution in [2.75, 3.05) is 20.8 Å². The first kappa shape index (κ1) is 20.2. The number of rotatable bonds is 6. The first-order valence-corrected chi connectivity index (χ1v) is 9.61. The van der Waals surface area contributed by atoms with Crippen LogP contribution in [0.1, 0.15) is 54.2 Å². The molecule has 0 fully saturated rings. The first-order chi connectivity index (χ1) is 13.4. The molecule has 152 valence electrons. The Morgan fingerprint density at radius 2 is 2.07 bits per heavy atom. The average Bonchev–Trinajstić information content (AvgIpc) is 3.01. The molecule has 1 aliphatic rings. The molecule has 1 aromatic heterocycles. The van der Waals surface area contributed by atoms with E-state index in [9.17, 15) is 4.79 Å². The van der Waals surface area contributed by atoms with Gasteiger partial charge in [0.15, 0.2) is 17.2 Å². The van der Waals surface area contributed by atoms with Crippen LogP contribution in [0.25, 0.3) is 0 Å². The zero-order valence-corrected chi connectivity index (χ0v) is 17.5. The van der Waals surface area contributed by atoms with Crippen LogP contribution in [0.4, 0.5) is 0 Å². The minimum atomic E-state index is -0.0782. The second-order valence-electron chi connectivity index (χ2n) is 7.10. The molecule has 0 saturated heterocycles. The van der Waals surface area contributed by atoms with Gasteiger partial charge in [0.2, 0.25) is 0 Å². The Morgan fingerprint density at radius 1 is 1.32 bits per heavy atom. The van der Waals surface area contributed by atoms with Gasteiger partial charge in [-0.05, 0) is 26.8 Å². The second kappa shape index (κ2) is 8.22. The van der Waals surface area contributed by atoms with Gasteiger partial charge in [-0.3, -0.25) is 9.48 Å². The van der Waals surface area contributed by atoms with Crippen LogP contribution in [0.3, 0.4) is 0 Å². The second-order valence-corrected chi connectivity index (χ2v) is 7.10. The Balaban J connectivity index is 1.93. The molecule has 1 aromatic carbocycles. The molecule has 0 aliphatic carbocycles. The Morgan fingerprint density at radius 3 is 2.71 bits per heavy atom. The molecule has 2 atom stereocenters. The van der Waals surface area contributed by atoms with Gasteiger partial charge in [0, 0.05) is 37.7 Å². The van der Waals surface area contributed by atoms with Crippen LogP contribution in [-0.4, -0.2) is 47.5 Å². The van der Waals surface area contributed by atoms with Crippen LogP contribution in [0.5, 0.6) is 11.5 Å². The number of hydrogen-bond donors (Lipinski definition) is 0. The van der Waals surface area contributed by atoms with Crippen molar-refractivity contribution in [3.8, 4) is 11.5 Å². The number of carbonyl (C=O) groups is 1. The molecular weight excluding hydrogens is 358 g/mol. The Hall–Kier alpha value is -2.54. The fourth-order valence-electron chi connectivity index (χ4n) is 3.97. The monoisotopic (exact) mass is 387 g/mol. The number of aromatic nitrogens is 2. The van der Waals surface area contributed by atoms with Gasteiger partial charge in [-0.15, -0.1) is 0 Å². The highest BCUT2D eigenvalue weighted by Gasteiger charge is 2.33. The van der Waals surface area contributed by atoms with Crippen LogP contribution in [-0.2, 0) is 24.8 Å². The molecule has 0 N–H and O–H groups in total. The van der Waals surface area contributed by atoms with Crippen molar-refractivity contribution in [3.05, 3.63) is 40.7 Å². The van der Waals surface area contributed by atoms with Crippen LogP contribution in [0, 0.1) is 0 Å². The van der Waals surface area contributed by atoms with Crippen LogP contribution in [0.15, 0.2) is 18.2 Å². The number of ether oxygens (including phenoxy) is 3. The number of benzene rings is 1. The van der Waals surface area contributed by atoms with Crippen LogP contribution >= 0.6 is 0 Å². The maximum Gasteiger partial charge on any atom is 0.274 e. The zero-order valence-electron chi connectivity index (χ0n) is 17.5. The zero-order chi connectivity index (χ0) is 20.4. The highest BCUT2D eigenvalue weighted by atomic mass is 16.5. The van der Waals surface area contributed by atoms with Crippen molar-refractivity contribution in [1.82, 2.24) is 14.7 Å². The van der Waals surface area contributed by atoms with Crippen LogP contribution in [0.2, 0.25) is 0 Å². The summed E-state index contributed by atoms with van der Waals surface area (Å²) in [5.41, 5.74) is 3.39. The third-order valence-electron chi connectivity index (χ3n) is 5.22. The van der Waals surface area contributed by atoms with Crippen molar-refractivity contribution in [2.24, 2.45) is 7.05 Å². The van der Waals surface area contributed by atoms with Crippen LogP contribution < -0.4 is 9.47 Å². The summed E-state index contributed by atoms with van der Waals surface area (Å²) in [6, 6.07) is 5.69. The number of para-hydroxylation sites is 1. The lowest BCUT2D eigenvalue weighted by atomic mass is 9.99. The summed E-state index contributed by atoms with van der Waals surface area (Å²) >= 11 is 0. The molecule has 0 bridgehead atoms. The van der Waals surface area contributed by atoms with Gasteiger partial charge in [0.05, 0.1) is 32.1 Å². The maximum absolute atomic E-state index is 13.4. The number of nitrogens with zero attached hydrogens (tertiary/aromatic N) is 3. The summed E-state index contributed by atoms with van der Waals surface area (Å²) in [6.07, 6.45) is 0.674. The van der Waals surface area contributed by atoms with Crippen molar-refractivity contribution < 1.29 is 19.0 Å². The number of amides is 1. The van der Waals surface area contributed by atoms with E-state index in [1.54, 1.807) is 23.8 Å². The number of fused-ring (bicyclic) bond motifs is 1. The van der Waals surface area contributed by atoms with Gasteiger partial charge in [0.1, 0.15) is 0 Å². The fourth-order valence-corrected chi connectivity index (χ4v) is 3.97. The lowest BCUT2D eigenvalue weighted by Crippen LogP contribution is -2.32. The number of hydrogen-bond acceptors (Lipinski definition) is 5. The summed E-state index contributed by atoms with van der Waals surface area (Å²) in [6.45, 7) is 6.98. The predicted octanol–water partition coefficient (Wildman–Crippen LogP) is 3.12. The van der Waals surface area contributed by atoms with E-state index in [-0.39, 0.29) is 18.1 Å². The predicted molar refractivity (Wildman–Crippen MR) is 106 cm³/mol. The quantitative estimate of drug-likeness (QED) is 0.762. The molecule has 7 nitrogen and oxygen atoms in total. The van der Waals surface area contributed by atoms with Crippen molar-refractivity contribution >= 4 is 5.91 Å². The Bertz CT molecular complexity index is 862. The smallest absolute Gasteiger partial charge is 0.274 e. The van der Waals surface area contributed by atoms with Gasteiger partial charge in [0.25, 0.3) is 5.91 Å². The van der Waals surface area contributed by atoms with Gasteiger partial charge in [-0.1, -0.05) is 12.1 Å². The first-order valence-electron chi connectivity index (χ1n) is 9.61. The lowest BCUT2D eigenvalue weighted by Gasteiger charge is -2.27. The van der Waals surface area contributed by atoms with Gasteiger partial charge in [-0.2, -0.15) is 5.10 Å². The van der Waals surface area contributed by atoms with Gasteiger partial charge < -0.3 is 19.1 Å². The molecule has 2 aromatic rings. The molecule has 2 heterocycles. The van der Waals surface area contributed by atoms with Crippen molar-refractivity contribution in [3.63, 3.8) is 0 Å². The van der Waals surface area contributed by atoms with E-state index in [0.717, 1.165) is 16.8 Å². The van der Waals surface area contributed by atoms with Crippen molar-refractivity contribution in [1.29, 1.82) is 0 Å². The Labute approximate surface area is 166 Å². The third kappa shape index (κ3) is 3.58. The molecule has 0 spiro atoms. The highest BCUT2D eigenvalue weighted by Crippen LogP contribution is 2.34. The average molecular weight is 387 g/mol. The molecular formula is C21H29N3O4. The lowest BCUT2D eigenvalue weighted by molar-refractivity contribution is -0.00906. The maximum atomic E-state index is 13.4. The van der Waals surface area contributed by atoms with E-state index in [2.05, 4.69) is 5.10 Å². The molecule has 28 heavy (non-hydrogen) atoms. The Kier molecular flexibility index (Phi) is 5.93. The van der Waals surface area contributed by atoms with E-state index < -0.39 is 0 Å². The molecule has 7 heteroatoms. The fraction of sp³-hybridized carbons (Fsp3) is 0.524. The van der Waals surface area contributed by atoms with E-state index in [0.29, 0.717) is 36.7 Å². The highest BCUT2D eigenvalue weighted by molar-refractivity contribution is 5.94. The van der Waals surface area contributed by atoms with Gasteiger partial charge in [-0.25, -0.2) is 0 Å². The normalized spacial score (nSPS) is 18.5. The summed E-state index contributed by atoms with van der Waals surface area (Å²) in [5.74, 6) is 1.22. The third-order valence-corrected chi connectivity index (χ3v) is 5.22. The topological polar surface area (TPSA) is 65.8 Å². The van der Waals surface area contributed by atoms with E-state index in [1.165, 1.54) is 0 Å². The van der Waals surface area contributed by atoms with E-state index in [4.69, 9.17) is 14.2 Å². The standard InChI is InChI=1S/C21H29N3O4/c1-7-24(12-15-9-8-10-17(26-5)20(15)27-6)21(25)18-16-11-13(2)28-14(3)19(16)23(4)22-18/h8-10,13-14H,7,11-12H2,1-6H3/t13-,14+/m0/s1. The summed E-state index contributed by atoms with van der Waals surface area (Å²) in [7, 11) is 5.08. The number of carbonyl (C=O) groups excluding carboxylic acids is 1. The summed E-state index contributed by atoms with van der Waals surface area (Å²) < 4.78 is 18.6. The van der Waals surface area contributed by atoms with Crippen molar-refractivity contribution in [2.45, 2.75) is 45.9 Å². The molecule has 1 aliphatic heterocycles. The largest absolute Gasteiger partial charge is 0.493 e. The minimum absolute atomic E-state index is 0.0619. The minimum Gasteiger partial charge on any atom is -0.493 e. The van der Waals surface area contributed by atoms with E-state index in [1.807, 2.05) is 46.0 Å². The summed E-state index contributed by atoms with van der Waals surface area (Å²) in [5, 5.41) is 4.55.